The highest BCUT2D eigenvalue weighted by Gasteiger charge is 2.21. The summed E-state index contributed by atoms with van der Waals surface area (Å²) in [5, 5.41) is 3.45. The Morgan fingerprint density at radius 1 is 1.12 bits per heavy atom. The number of hydrogen-bond acceptors (Lipinski definition) is 4. The monoisotopic (exact) mass is 361 g/mol. The molecular weight excluding hydrogens is 336 g/mol. The number of quaternary nitrogens is 1. The lowest BCUT2D eigenvalue weighted by atomic mass is 10.1. The van der Waals surface area contributed by atoms with Gasteiger partial charge in [0.1, 0.15) is 5.00 Å². The minimum Gasteiger partial charge on any atom is -0.462 e. The number of hydrogen-bond donors (Lipinski definition) is 2. The van der Waals surface area contributed by atoms with Crippen LogP contribution < -0.4 is 10.2 Å². The number of esters is 1. The molecule has 0 bridgehead atoms. The van der Waals surface area contributed by atoms with Gasteiger partial charge in [0.15, 0.2) is 6.54 Å². The molecule has 0 saturated carbocycles. The molecule has 25 heavy (non-hydrogen) atoms. The second-order valence-electron chi connectivity index (χ2n) is 5.62. The van der Waals surface area contributed by atoms with E-state index in [0.29, 0.717) is 23.7 Å². The molecule has 2 aromatic rings. The fourth-order valence-electron chi connectivity index (χ4n) is 2.49. The van der Waals surface area contributed by atoms with Crippen LogP contribution in [-0.2, 0) is 9.53 Å². The van der Waals surface area contributed by atoms with E-state index >= 15 is 0 Å². The van der Waals surface area contributed by atoms with E-state index < -0.39 is 5.97 Å². The van der Waals surface area contributed by atoms with Crippen molar-refractivity contribution in [2.75, 3.05) is 31.6 Å². The highest BCUT2D eigenvalue weighted by molar-refractivity contribution is 7.20. The van der Waals surface area contributed by atoms with Crippen molar-refractivity contribution in [1.82, 2.24) is 0 Å². The number of carbonyl (C=O) groups excluding carboxylic acids is 2. The summed E-state index contributed by atoms with van der Waals surface area (Å²) >= 11 is 1.40. The van der Waals surface area contributed by atoms with Crippen LogP contribution in [0, 0.1) is 0 Å². The maximum Gasteiger partial charge on any atom is 0.341 e. The minimum absolute atomic E-state index is 0.0919. The number of rotatable bonds is 8. The largest absolute Gasteiger partial charge is 0.462 e. The van der Waals surface area contributed by atoms with Crippen molar-refractivity contribution in [2.45, 2.75) is 20.8 Å². The van der Waals surface area contributed by atoms with E-state index in [0.717, 1.165) is 23.5 Å². The van der Waals surface area contributed by atoms with E-state index in [9.17, 15) is 9.59 Å². The van der Waals surface area contributed by atoms with Crippen LogP contribution >= 0.6 is 11.3 Å². The predicted molar refractivity (Wildman–Crippen MR) is 101 cm³/mol. The van der Waals surface area contributed by atoms with Crippen LogP contribution in [0.1, 0.15) is 31.1 Å². The van der Waals surface area contributed by atoms with Gasteiger partial charge in [-0.3, -0.25) is 4.79 Å². The van der Waals surface area contributed by atoms with Gasteiger partial charge in [0.05, 0.1) is 25.3 Å². The molecule has 0 aliphatic rings. The maximum absolute atomic E-state index is 12.3. The lowest BCUT2D eigenvalue weighted by Gasteiger charge is -2.14. The SMILES string of the molecule is CCOC(=O)c1cc(-c2ccccc2)sc1NC(=O)C[NH+](CC)CC. The first-order valence-electron chi connectivity index (χ1n) is 8.58. The third kappa shape index (κ3) is 5.14. The van der Waals surface area contributed by atoms with Gasteiger partial charge in [0.25, 0.3) is 5.91 Å². The highest BCUT2D eigenvalue weighted by atomic mass is 32.1. The number of thiophene rings is 1. The predicted octanol–water partition coefficient (Wildman–Crippen LogP) is 2.46. The molecule has 1 heterocycles. The molecule has 0 unspecified atom stereocenters. The molecule has 0 aliphatic heterocycles. The molecule has 1 aromatic carbocycles. The van der Waals surface area contributed by atoms with Gasteiger partial charge in [0.2, 0.25) is 0 Å². The van der Waals surface area contributed by atoms with E-state index in [2.05, 4.69) is 19.2 Å². The topological polar surface area (TPSA) is 59.8 Å². The lowest BCUT2D eigenvalue weighted by molar-refractivity contribution is -0.888. The standard InChI is InChI=1S/C19H24N2O3S/c1-4-21(5-2)13-17(22)20-18-15(19(23)24-6-3)12-16(25-18)14-10-8-7-9-11-14/h7-12H,4-6,13H2,1-3H3,(H,20,22)/p+1. The summed E-state index contributed by atoms with van der Waals surface area (Å²) in [6, 6.07) is 11.6. The molecule has 0 aliphatic carbocycles. The van der Waals surface area contributed by atoms with E-state index in [1.165, 1.54) is 16.2 Å². The molecular formula is C19H25N2O3S+. The molecule has 2 N–H and O–H groups in total. The van der Waals surface area contributed by atoms with Crippen LogP contribution in [-0.4, -0.2) is 38.1 Å². The van der Waals surface area contributed by atoms with Crippen LogP contribution in [0.5, 0.6) is 0 Å². The van der Waals surface area contributed by atoms with Crippen molar-refractivity contribution in [3.05, 3.63) is 42.0 Å². The Hall–Kier alpha value is -2.18. The van der Waals surface area contributed by atoms with Crippen LogP contribution in [0.25, 0.3) is 10.4 Å². The maximum atomic E-state index is 12.3. The van der Waals surface area contributed by atoms with Crippen molar-refractivity contribution < 1.29 is 19.2 Å². The number of ether oxygens (including phenoxy) is 1. The zero-order chi connectivity index (χ0) is 18.2. The molecule has 0 fully saturated rings. The summed E-state index contributed by atoms with van der Waals surface area (Å²) in [6.45, 7) is 8.32. The molecule has 5 nitrogen and oxygen atoms in total. The summed E-state index contributed by atoms with van der Waals surface area (Å²) in [4.78, 5) is 26.7. The van der Waals surface area contributed by atoms with Crippen molar-refractivity contribution in [3.8, 4) is 10.4 Å². The lowest BCUT2D eigenvalue weighted by Crippen LogP contribution is -3.12. The number of carbonyl (C=O) groups is 2. The Labute approximate surface area is 152 Å². The van der Waals surface area contributed by atoms with Crippen LogP contribution in [0.3, 0.4) is 0 Å². The van der Waals surface area contributed by atoms with E-state index in [1.807, 2.05) is 30.3 Å². The first-order chi connectivity index (χ1) is 12.1. The van der Waals surface area contributed by atoms with E-state index in [4.69, 9.17) is 4.74 Å². The molecule has 1 aromatic heterocycles. The fraction of sp³-hybridized carbons (Fsp3) is 0.368. The van der Waals surface area contributed by atoms with Crippen molar-refractivity contribution in [1.29, 1.82) is 0 Å². The number of nitrogens with one attached hydrogen (secondary N) is 2. The van der Waals surface area contributed by atoms with Gasteiger partial charge < -0.3 is 15.0 Å². The van der Waals surface area contributed by atoms with Gasteiger partial charge in [-0.05, 0) is 32.4 Å². The Kier molecular flexibility index (Phi) is 7.16. The Morgan fingerprint density at radius 3 is 2.40 bits per heavy atom. The third-order valence-electron chi connectivity index (χ3n) is 3.95. The number of amides is 1. The van der Waals surface area contributed by atoms with Crippen molar-refractivity contribution >= 4 is 28.2 Å². The van der Waals surface area contributed by atoms with Gasteiger partial charge in [-0.1, -0.05) is 30.3 Å². The smallest absolute Gasteiger partial charge is 0.341 e. The zero-order valence-electron chi connectivity index (χ0n) is 14.9. The van der Waals surface area contributed by atoms with Crippen molar-refractivity contribution in [3.63, 3.8) is 0 Å². The van der Waals surface area contributed by atoms with Gasteiger partial charge >= 0.3 is 5.97 Å². The summed E-state index contributed by atoms with van der Waals surface area (Å²) in [7, 11) is 0. The Morgan fingerprint density at radius 2 is 1.80 bits per heavy atom. The number of benzene rings is 1. The third-order valence-corrected chi connectivity index (χ3v) is 5.05. The fourth-order valence-corrected chi connectivity index (χ4v) is 3.55. The average molecular weight is 361 g/mol. The second-order valence-corrected chi connectivity index (χ2v) is 6.67. The highest BCUT2D eigenvalue weighted by Crippen LogP contribution is 2.35. The van der Waals surface area contributed by atoms with Crippen LogP contribution in [0.4, 0.5) is 5.00 Å². The summed E-state index contributed by atoms with van der Waals surface area (Å²) in [5.74, 6) is -0.503. The van der Waals surface area contributed by atoms with E-state index in [1.54, 1.807) is 13.0 Å². The Bertz CT molecular complexity index is 709. The zero-order valence-corrected chi connectivity index (χ0v) is 15.7. The summed E-state index contributed by atoms with van der Waals surface area (Å²) in [6.07, 6.45) is 0. The van der Waals surface area contributed by atoms with Crippen LogP contribution in [0.2, 0.25) is 0 Å². The minimum atomic E-state index is -0.411. The molecule has 0 radical (unpaired) electrons. The quantitative estimate of drug-likeness (QED) is 0.710. The normalized spacial score (nSPS) is 10.7. The molecule has 0 spiro atoms. The first kappa shape index (κ1) is 19.1. The number of anilines is 1. The molecule has 2 rings (SSSR count). The summed E-state index contributed by atoms with van der Waals surface area (Å²) in [5.41, 5.74) is 1.42. The van der Waals surface area contributed by atoms with E-state index in [-0.39, 0.29) is 5.91 Å². The van der Waals surface area contributed by atoms with Gasteiger partial charge in [-0.15, -0.1) is 11.3 Å². The summed E-state index contributed by atoms with van der Waals surface area (Å²) < 4.78 is 5.13. The molecule has 134 valence electrons. The molecule has 0 atom stereocenters. The average Bonchev–Trinajstić information content (AvgIpc) is 3.04. The van der Waals surface area contributed by atoms with Gasteiger partial charge in [-0.25, -0.2) is 4.79 Å². The Balaban J connectivity index is 2.26. The first-order valence-corrected chi connectivity index (χ1v) is 9.40. The van der Waals surface area contributed by atoms with Gasteiger partial charge in [0, 0.05) is 4.88 Å². The number of likely N-dealkylation sites (N-methyl/N-ethyl adjacent to an activating group) is 1. The molecule has 1 amide bonds. The van der Waals surface area contributed by atoms with Crippen LogP contribution in [0.15, 0.2) is 36.4 Å². The molecule has 0 saturated heterocycles. The second kappa shape index (κ2) is 9.34. The van der Waals surface area contributed by atoms with Gasteiger partial charge in [-0.2, -0.15) is 0 Å². The molecule has 6 heteroatoms. The van der Waals surface area contributed by atoms with Crippen molar-refractivity contribution in [2.24, 2.45) is 0 Å².